The fourth-order valence-corrected chi connectivity index (χ4v) is 1.22. The Kier molecular flexibility index (Phi) is 13.7. The van der Waals surface area contributed by atoms with Crippen LogP contribution in [0.25, 0.3) is 0 Å². The molecule has 0 aromatic carbocycles. The molecule has 0 heterocycles. The molecule has 0 saturated carbocycles. The van der Waals surface area contributed by atoms with E-state index in [2.05, 4.69) is 11.8 Å². The normalized spacial score (nSPS) is 11.3. The Bertz CT molecular complexity index is 132. The SMILES string of the molecule is CCOCOCCN(CC)CCOCOCC. The number of hydrogen-bond acceptors (Lipinski definition) is 5. The van der Waals surface area contributed by atoms with Crippen LogP contribution in [0.2, 0.25) is 0 Å². The first-order valence-electron chi connectivity index (χ1n) is 6.38. The van der Waals surface area contributed by atoms with Crippen molar-refractivity contribution >= 4 is 0 Å². The smallest absolute Gasteiger partial charge is 0.146 e. The molecule has 0 rings (SSSR count). The Hall–Kier alpha value is -0.200. The second-order valence-electron chi connectivity index (χ2n) is 3.47. The lowest BCUT2D eigenvalue weighted by Crippen LogP contribution is -2.31. The van der Waals surface area contributed by atoms with Gasteiger partial charge >= 0.3 is 0 Å². The molecule has 0 aromatic rings. The Labute approximate surface area is 105 Å². The minimum atomic E-state index is 0.384. The zero-order valence-electron chi connectivity index (χ0n) is 11.4. The van der Waals surface area contributed by atoms with E-state index in [1.165, 1.54) is 0 Å². The Morgan fingerprint density at radius 2 is 1.18 bits per heavy atom. The van der Waals surface area contributed by atoms with Crippen LogP contribution in [0.4, 0.5) is 0 Å². The van der Waals surface area contributed by atoms with Crippen LogP contribution < -0.4 is 0 Å². The quantitative estimate of drug-likeness (QED) is 0.364. The van der Waals surface area contributed by atoms with Crippen molar-refractivity contribution in [2.24, 2.45) is 0 Å². The molecule has 5 heteroatoms. The van der Waals surface area contributed by atoms with Gasteiger partial charge in [-0.05, 0) is 20.4 Å². The van der Waals surface area contributed by atoms with E-state index in [4.69, 9.17) is 18.9 Å². The Morgan fingerprint density at radius 1 is 0.706 bits per heavy atom. The highest BCUT2D eigenvalue weighted by Gasteiger charge is 2.01. The van der Waals surface area contributed by atoms with E-state index < -0.39 is 0 Å². The van der Waals surface area contributed by atoms with Crippen LogP contribution in [0.5, 0.6) is 0 Å². The first-order valence-corrected chi connectivity index (χ1v) is 6.38. The van der Waals surface area contributed by atoms with Crippen LogP contribution in [0, 0.1) is 0 Å². The van der Waals surface area contributed by atoms with Crippen LogP contribution >= 0.6 is 0 Å². The summed E-state index contributed by atoms with van der Waals surface area (Å²) in [6.07, 6.45) is 0. The van der Waals surface area contributed by atoms with Crippen molar-refractivity contribution in [2.75, 3.05) is 59.6 Å². The summed E-state index contributed by atoms with van der Waals surface area (Å²) >= 11 is 0. The molecule has 0 spiro atoms. The third kappa shape index (κ3) is 12.1. The maximum atomic E-state index is 5.32. The zero-order chi connectivity index (χ0) is 12.8. The second-order valence-corrected chi connectivity index (χ2v) is 3.47. The van der Waals surface area contributed by atoms with Crippen molar-refractivity contribution in [3.8, 4) is 0 Å². The lowest BCUT2D eigenvalue weighted by atomic mass is 10.5. The first-order chi connectivity index (χ1) is 8.35. The molecule has 0 aliphatic heterocycles. The number of rotatable bonds is 13. The van der Waals surface area contributed by atoms with Crippen LogP contribution in [0.1, 0.15) is 20.8 Å². The minimum Gasteiger partial charge on any atom is -0.356 e. The van der Waals surface area contributed by atoms with Crippen molar-refractivity contribution in [1.82, 2.24) is 4.90 Å². The van der Waals surface area contributed by atoms with Gasteiger partial charge in [-0.1, -0.05) is 6.92 Å². The van der Waals surface area contributed by atoms with Crippen molar-refractivity contribution < 1.29 is 18.9 Å². The standard InChI is InChI=1S/C12H27NO4/c1-4-13(7-9-16-11-14-5-2)8-10-17-12-15-6-3/h4-12H2,1-3H3. The first kappa shape index (κ1) is 16.8. The molecule has 5 nitrogen and oxygen atoms in total. The second kappa shape index (κ2) is 13.9. The molecule has 0 N–H and O–H groups in total. The average Bonchev–Trinajstić information content (AvgIpc) is 2.36. The molecule has 17 heavy (non-hydrogen) atoms. The van der Waals surface area contributed by atoms with Gasteiger partial charge in [0.15, 0.2) is 0 Å². The molecular weight excluding hydrogens is 222 g/mol. The number of ether oxygens (including phenoxy) is 4. The van der Waals surface area contributed by atoms with Crippen LogP contribution in [-0.4, -0.2) is 64.5 Å². The van der Waals surface area contributed by atoms with Gasteiger partial charge in [-0.15, -0.1) is 0 Å². The fraction of sp³-hybridized carbons (Fsp3) is 1.00. The van der Waals surface area contributed by atoms with Crippen LogP contribution in [-0.2, 0) is 18.9 Å². The predicted octanol–water partition coefficient (Wildman–Crippen LogP) is 1.33. The molecule has 0 unspecified atom stereocenters. The summed E-state index contributed by atoms with van der Waals surface area (Å²) in [4.78, 5) is 2.28. The molecule has 0 aliphatic rings. The molecule has 0 aliphatic carbocycles. The molecule has 0 amide bonds. The van der Waals surface area contributed by atoms with Crippen molar-refractivity contribution in [2.45, 2.75) is 20.8 Å². The van der Waals surface area contributed by atoms with Crippen molar-refractivity contribution in [1.29, 1.82) is 0 Å². The van der Waals surface area contributed by atoms with Gasteiger partial charge < -0.3 is 18.9 Å². The Morgan fingerprint density at radius 3 is 1.53 bits per heavy atom. The molecule has 0 atom stereocenters. The summed E-state index contributed by atoms with van der Waals surface area (Å²) in [5.74, 6) is 0. The van der Waals surface area contributed by atoms with E-state index >= 15 is 0 Å². The monoisotopic (exact) mass is 249 g/mol. The maximum absolute atomic E-state index is 5.32. The molecule has 0 aromatic heterocycles. The highest BCUT2D eigenvalue weighted by molar-refractivity contribution is 4.53. The van der Waals surface area contributed by atoms with E-state index in [0.717, 1.165) is 19.6 Å². The van der Waals surface area contributed by atoms with Gasteiger partial charge in [-0.3, -0.25) is 4.90 Å². The predicted molar refractivity (Wildman–Crippen MR) is 67.0 cm³/mol. The van der Waals surface area contributed by atoms with Gasteiger partial charge in [0.2, 0.25) is 0 Å². The van der Waals surface area contributed by atoms with E-state index in [0.29, 0.717) is 40.0 Å². The van der Waals surface area contributed by atoms with Crippen molar-refractivity contribution in [3.05, 3.63) is 0 Å². The van der Waals surface area contributed by atoms with Crippen molar-refractivity contribution in [3.63, 3.8) is 0 Å². The summed E-state index contributed by atoms with van der Waals surface area (Å²) in [5.41, 5.74) is 0. The molecule has 0 saturated heterocycles. The maximum Gasteiger partial charge on any atom is 0.146 e. The van der Waals surface area contributed by atoms with Gasteiger partial charge in [0.25, 0.3) is 0 Å². The highest BCUT2D eigenvalue weighted by atomic mass is 16.7. The zero-order valence-corrected chi connectivity index (χ0v) is 11.4. The van der Waals surface area contributed by atoms with Crippen LogP contribution in [0.15, 0.2) is 0 Å². The van der Waals surface area contributed by atoms with Gasteiger partial charge in [0.1, 0.15) is 13.6 Å². The fourth-order valence-electron chi connectivity index (χ4n) is 1.22. The average molecular weight is 249 g/mol. The number of nitrogens with zero attached hydrogens (tertiary/aromatic N) is 1. The molecule has 104 valence electrons. The topological polar surface area (TPSA) is 40.2 Å². The third-order valence-electron chi connectivity index (χ3n) is 2.29. The summed E-state index contributed by atoms with van der Waals surface area (Å²) in [6, 6.07) is 0. The molecule has 0 fully saturated rings. The molecule has 0 bridgehead atoms. The summed E-state index contributed by atoms with van der Waals surface area (Å²) in [6.45, 7) is 12.4. The Balaban J connectivity index is 3.30. The number of hydrogen-bond donors (Lipinski definition) is 0. The highest BCUT2D eigenvalue weighted by Crippen LogP contribution is 1.90. The summed E-state index contributed by atoms with van der Waals surface area (Å²) < 4.78 is 20.8. The molecular formula is C12H27NO4. The van der Waals surface area contributed by atoms with E-state index in [1.54, 1.807) is 0 Å². The van der Waals surface area contributed by atoms with E-state index in [1.807, 2.05) is 13.8 Å². The number of likely N-dealkylation sites (N-methyl/N-ethyl adjacent to an activating group) is 1. The van der Waals surface area contributed by atoms with Gasteiger partial charge in [-0.25, -0.2) is 0 Å². The van der Waals surface area contributed by atoms with E-state index in [-0.39, 0.29) is 0 Å². The minimum absolute atomic E-state index is 0.384. The lowest BCUT2D eigenvalue weighted by molar-refractivity contribution is -0.0641. The largest absolute Gasteiger partial charge is 0.356 e. The summed E-state index contributed by atoms with van der Waals surface area (Å²) in [7, 11) is 0. The van der Waals surface area contributed by atoms with E-state index in [9.17, 15) is 0 Å². The summed E-state index contributed by atoms with van der Waals surface area (Å²) in [5, 5.41) is 0. The van der Waals surface area contributed by atoms with Gasteiger partial charge in [0.05, 0.1) is 13.2 Å². The third-order valence-corrected chi connectivity index (χ3v) is 2.29. The van der Waals surface area contributed by atoms with Gasteiger partial charge in [-0.2, -0.15) is 0 Å². The van der Waals surface area contributed by atoms with Gasteiger partial charge in [0, 0.05) is 26.3 Å². The molecule has 0 radical (unpaired) electrons. The lowest BCUT2D eigenvalue weighted by Gasteiger charge is -2.20. The van der Waals surface area contributed by atoms with Crippen LogP contribution in [0.3, 0.4) is 0 Å².